The van der Waals surface area contributed by atoms with Crippen molar-refractivity contribution in [1.82, 2.24) is 14.8 Å². The number of para-hydroxylation sites is 1. The number of aryl methyl sites for hydroxylation is 1. The minimum Gasteiger partial charge on any atom is -0.497 e. The maximum absolute atomic E-state index is 12.9. The largest absolute Gasteiger partial charge is 0.497 e. The fraction of sp³-hybridized carbons (Fsp3) is 0.348. The molecule has 1 N–H and O–H groups in total. The van der Waals surface area contributed by atoms with Crippen molar-refractivity contribution < 1.29 is 14.3 Å². The predicted octanol–water partition coefficient (Wildman–Crippen LogP) is 3.32. The minimum absolute atomic E-state index is 0.0767. The van der Waals surface area contributed by atoms with Gasteiger partial charge < -0.3 is 19.4 Å². The van der Waals surface area contributed by atoms with Crippen LogP contribution in [0, 0.1) is 6.92 Å². The molecule has 0 unspecified atom stereocenters. The third kappa shape index (κ3) is 4.38. The summed E-state index contributed by atoms with van der Waals surface area (Å²) < 4.78 is 11.0. The van der Waals surface area contributed by atoms with Gasteiger partial charge in [0.1, 0.15) is 23.8 Å². The summed E-state index contributed by atoms with van der Waals surface area (Å²) in [4.78, 5) is 20.4. The van der Waals surface area contributed by atoms with Crippen molar-refractivity contribution in [3.63, 3.8) is 0 Å². The van der Waals surface area contributed by atoms with Crippen LogP contribution in [0.4, 0.5) is 0 Å². The van der Waals surface area contributed by atoms with E-state index in [-0.39, 0.29) is 5.91 Å². The van der Waals surface area contributed by atoms with Crippen LogP contribution < -0.4 is 9.47 Å². The Kier molecular flexibility index (Phi) is 5.71. The fourth-order valence-corrected chi connectivity index (χ4v) is 3.75. The van der Waals surface area contributed by atoms with Crippen molar-refractivity contribution in [3.8, 4) is 11.5 Å². The number of carbonyl (C=O) groups excluding carboxylic acids is 1. The Labute approximate surface area is 171 Å². The van der Waals surface area contributed by atoms with E-state index in [0.717, 1.165) is 60.7 Å². The van der Waals surface area contributed by atoms with Crippen LogP contribution in [0.3, 0.4) is 0 Å². The summed E-state index contributed by atoms with van der Waals surface area (Å²) in [6.45, 7) is 6.67. The van der Waals surface area contributed by atoms with Crippen LogP contribution in [0.1, 0.15) is 16.1 Å². The van der Waals surface area contributed by atoms with Crippen molar-refractivity contribution in [1.29, 1.82) is 0 Å². The smallest absolute Gasteiger partial charge is 0.270 e. The first-order valence-corrected chi connectivity index (χ1v) is 10.0. The Bertz CT molecular complexity index is 990. The number of aromatic nitrogens is 1. The van der Waals surface area contributed by atoms with E-state index in [2.05, 4.69) is 22.9 Å². The van der Waals surface area contributed by atoms with E-state index in [1.807, 2.05) is 47.4 Å². The van der Waals surface area contributed by atoms with E-state index in [1.54, 1.807) is 7.11 Å². The number of nitrogens with zero attached hydrogens (tertiary/aromatic N) is 2. The van der Waals surface area contributed by atoms with Gasteiger partial charge in [0.25, 0.3) is 5.91 Å². The molecule has 1 fully saturated rings. The SMILES string of the molecule is COc1cccc(OCCN2CCN(C(=O)c3cc4cccc(C)c4[nH]3)CC2)c1. The zero-order chi connectivity index (χ0) is 20.2. The lowest BCUT2D eigenvalue weighted by Gasteiger charge is -2.34. The molecule has 1 aromatic heterocycles. The Morgan fingerprint density at radius 3 is 2.55 bits per heavy atom. The fourth-order valence-electron chi connectivity index (χ4n) is 3.75. The number of nitrogens with one attached hydrogen (secondary N) is 1. The van der Waals surface area contributed by atoms with Gasteiger partial charge in [-0.15, -0.1) is 0 Å². The molecule has 2 heterocycles. The summed E-state index contributed by atoms with van der Waals surface area (Å²) >= 11 is 0. The van der Waals surface area contributed by atoms with Gasteiger partial charge in [0.05, 0.1) is 7.11 Å². The number of methoxy groups -OCH3 is 1. The number of piperazine rings is 1. The molecule has 29 heavy (non-hydrogen) atoms. The van der Waals surface area contributed by atoms with Crippen molar-refractivity contribution in [2.24, 2.45) is 0 Å². The number of aromatic amines is 1. The molecule has 0 aliphatic carbocycles. The van der Waals surface area contributed by atoms with Gasteiger partial charge in [-0.05, 0) is 30.7 Å². The van der Waals surface area contributed by atoms with E-state index in [9.17, 15) is 4.79 Å². The highest BCUT2D eigenvalue weighted by Crippen LogP contribution is 2.21. The number of fused-ring (bicyclic) bond motifs is 1. The van der Waals surface area contributed by atoms with Crippen LogP contribution in [-0.2, 0) is 0 Å². The number of benzene rings is 2. The lowest BCUT2D eigenvalue weighted by molar-refractivity contribution is 0.0615. The summed E-state index contributed by atoms with van der Waals surface area (Å²) in [5.41, 5.74) is 2.87. The summed E-state index contributed by atoms with van der Waals surface area (Å²) in [6, 6.07) is 15.7. The van der Waals surface area contributed by atoms with Crippen LogP contribution in [0.15, 0.2) is 48.5 Å². The highest BCUT2D eigenvalue weighted by molar-refractivity contribution is 5.98. The first-order chi connectivity index (χ1) is 14.1. The maximum atomic E-state index is 12.9. The van der Waals surface area contributed by atoms with Crippen LogP contribution in [0.2, 0.25) is 0 Å². The quantitative estimate of drug-likeness (QED) is 0.698. The van der Waals surface area contributed by atoms with Crippen molar-refractivity contribution in [3.05, 3.63) is 59.8 Å². The molecule has 1 saturated heterocycles. The summed E-state index contributed by atoms with van der Waals surface area (Å²) in [7, 11) is 1.65. The molecule has 1 aliphatic rings. The van der Waals surface area contributed by atoms with Crippen LogP contribution >= 0.6 is 0 Å². The maximum Gasteiger partial charge on any atom is 0.270 e. The van der Waals surface area contributed by atoms with Gasteiger partial charge in [-0.2, -0.15) is 0 Å². The summed E-state index contributed by atoms with van der Waals surface area (Å²) in [5, 5.41) is 1.08. The Morgan fingerprint density at radius 1 is 1.03 bits per heavy atom. The number of carbonyl (C=O) groups is 1. The Morgan fingerprint density at radius 2 is 1.79 bits per heavy atom. The highest BCUT2D eigenvalue weighted by atomic mass is 16.5. The second-order valence-corrected chi connectivity index (χ2v) is 7.38. The van der Waals surface area contributed by atoms with E-state index >= 15 is 0 Å². The lowest BCUT2D eigenvalue weighted by Crippen LogP contribution is -2.49. The second-order valence-electron chi connectivity index (χ2n) is 7.38. The molecule has 3 aromatic rings. The third-order valence-corrected chi connectivity index (χ3v) is 5.47. The van der Waals surface area contributed by atoms with Gasteiger partial charge in [0, 0.05) is 49.7 Å². The van der Waals surface area contributed by atoms with Crippen molar-refractivity contribution >= 4 is 16.8 Å². The molecular weight excluding hydrogens is 366 g/mol. The summed E-state index contributed by atoms with van der Waals surface area (Å²) in [6.07, 6.45) is 0. The number of hydrogen-bond donors (Lipinski definition) is 1. The molecule has 1 aliphatic heterocycles. The molecule has 152 valence electrons. The molecule has 4 rings (SSSR count). The van der Waals surface area contributed by atoms with Crippen LogP contribution in [0.25, 0.3) is 10.9 Å². The Hall–Kier alpha value is -2.99. The normalized spacial score (nSPS) is 14.9. The van der Waals surface area contributed by atoms with Gasteiger partial charge in [-0.1, -0.05) is 24.3 Å². The van der Waals surface area contributed by atoms with E-state index in [1.165, 1.54) is 0 Å². The molecule has 0 atom stereocenters. The molecule has 1 amide bonds. The van der Waals surface area contributed by atoms with Crippen LogP contribution in [0.5, 0.6) is 11.5 Å². The third-order valence-electron chi connectivity index (χ3n) is 5.47. The van der Waals surface area contributed by atoms with Crippen molar-refractivity contribution in [2.75, 3.05) is 46.4 Å². The monoisotopic (exact) mass is 393 g/mol. The predicted molar refractivity (Wildman–Crippen MR) is 114 cm³/mol. The van der Waals surface area contributed by atoms with Gasteiger partial charge in [-0.3, -0.25) is 9.69 Å². The first kappa shape index (κ1) is 19.3. The molecular formula is C23H27N3O3. The Balaban J connectivity index is 1.27. The minimum atomic E-state index is 0.0767. The molecule has 0 saturated carbocycles. The van der Waals surface area contributed by atoms with Crippen LogP contribution in [-0.4, -0.2) is 67.1 Å². The van der Waals surface area contributed by atoms with Gasteiger partial charge in [-0.25, -0.2) is 0 Å². The standard InChI is InChI=1S/C23H27N3O3/c1-17-5-3-6-18-15-21(24-22(17)18)23(27)26-11-9-25(10-12-26)13-14-29-20-8-4-7-19(16-20)28-2/h3-8,15-16,24H,9-14H2,1-2H3. The zero-order valence-electron chi connectivity index (χ0n) is 17.0. The zero-order valence-corrected chi connectivity index (χ0v) is 17.0. The molecule has 6 nitrogen and oxygen atoms in total. The number of hydrogen-bond acceptors (Lipinski definition) is 4. The topological polar surface area (TPSA) is 57.8 Å². The van der Waals surface area contributed by atoms with Gasteiger partial charge in [0.15, 0.2) is 0 Å². The number of rotatable bonds is 6. The average molecular weight is 393 g/mol. The number of H-pyrrole nitrogens is 1. The molecule has 0 bridgehead atoms. The number of ether oxygens (including phenoxy) is 2. The average Bonchev–Trinajstić information content (AvgIpc) is 3.20. The highest BCUT2D eigenvalue weighted by Gasteiger charge is 2.23. The molecule has 0 spiro atoms. The molecule has 2 aromatic carbocycles. The summed E-state index contributed by atoms with van der Waals surface area (Å²) in [5.74, 6) is 1.68. The lowest BCUT2D eigenvalue weighted by atomic mass is 10.2. The number of amides is 1. The van der Waals surface area contributed by atoms with E-state index < -0.39 is 0 Å². The molecule has 6 heteroatoms. The van der Waals surface area contributed by atoms with E-state index in [0.29, 0.717) is 12.3 Å². The first-order valence-electron chi connectivity index (χ1n) is 10.0. The van der Waals surface area contributed by atoms with Gasteiger partial charge >= 0.3 is 0 Å². The second kappa shape index (κ2) is 8.57. The van der Waals surface area contributed by atoms with Gasteiger partial charge in [0.2, 0.25) is 0 Å². The van der Waals surface area contributed by atoms with E-state index in [4.69, 9.17) is 9.47 Å². The molecule has 0 radical (unpaired) electrons. The van der Waals surface area contributed by atoms with Crippen molar-refractivity contribution in [2.45, 2.75) is 6.92 Å².